The molecule has 0 aliphatic carbocycles. The molecule has 0 fully saturated rings. The summed E-state index contributed by atoms with van der Waals surface area (Å²) in [5, 5.41) is 0. The summed E-state index contributed by atoms with van der Waals surface area (Å²) in [4.78, 5) is 0.240. The number of nitrogens with one attached hydrogen (secondary N) is 1. The van der Waals surface area contributed by atoms with E-state index in [2.05, 4.69) is 5.43 Å². The van der Waals surface area contributed by atoms with E-state index >= 15 is 0 Å². The van der Waals surface area contributed by atoms with Crippen LogP contribution in [-0.4, -0.2) is 12.4 Å². The van der Waals surface area contributed by atoms with Gasteiger partial charge in [0.25, 0.3) is 10.0 Å². The van der Waals surface area contributed by atoms with E-state index in [4.69, 9.17) is 5.84 Å². The first-order valence-electron chi connectivity index (χ1n) is 5.44. The predicted molar refractivity (Wildman–Crippen MR) is 70.7 cm³/mol. The third-order valence-corrected chi connectivity index (χ3v) is 4.69. The van der Waals surface area contributed by atoms with E-state index in [1.807, 2.05) is 0 Å². The summed E-state index contributed by atoms with van der Waals surface area (Å²) in [7, 11) is -3.53. The summed E-state index contributed by atoms with van der Waals surface area (Å²) < 4.78 is 26.2. The average Bonchev–Trinajstić information content (AvgIpc) is 2.69. The number of nitrogens with two attached hydrogens (primary N) is 1. The Morgan fingerprint density at radius 3 is 1.94 bits per heavy atom. The van der Waals surface area contributed by atoms with Crippen LogP contribution < -0.4 is 11.3 Å². The highest BCUT2D eigenvalue weighted by molar-refractivity contribution is 7.90. The van der Waals surface area contributed by atoms with Crippen molar-refractivity contribution in [3.05, 3.63) is 47.8 Å². The number of hydrogen-bond acceptors (Lipinski definition) is 4. The zero-order chi connectivity index (χ0) is 13.3. The Labute approximate surface area is 106 Å². The second-order valence-electron chi connectivity index (χ2n) is 4.05. The van der Waals surface area contributed by atoms with Crippen molar-refractivity contribution in [2.24, 2.45) is 5.84 Å². The smallest absolute Gasteiger partial charge is 0.268 e. The van der Waals surface area contributed by atoms with Gasteiger partial charge in [0, 0.05) is 17.1 Å². The third kappa shape index (κ3) is 2.00. The summed E-state index contributed by atoms with van der Waals surface area (Å²) in [5.41, 5.74) is 4.50. The van der Waals surface area contributed by atoms with Crippen LogP contribution in [0.1, 0.15) is 11.4 Å². The van der Waals surface area contributed by atoms with Crippen LogP contribution in [0.2, 0.25) is 0 Å². The van der Waals surface area contributed by atoms with Gasteiger partial charge < -0.3 is 5.43 Å². The first kappa shape index (κ1) is 12.7. The van der Waals surface area contributed by atoms with E-state index in [9.17, 15) is 8.42 Å². The van der Waals surface area contributed by atoms with Crippen molar-refractivity contribution in [2.45, 2.75) is 18.7 Å². The number of anilines is 1. The molecule has 2 aromatic rings. The number of aryl methyl sites for hydroxylation is 2. The Morgan fingerprint density at radius 2 is 1.50 bits per heavy atom. The highest BCUT2D eigenvalue weighted by Gasteiger charge is 2.19. The van der Waals surface area contributed by atoms with Crippen molar-refractivity contribution < 1.29 is 8.42 Å². The van der Waals surface area contributed by atoms with Gasteiger partial charge in [-0.25, -0.2) is 12.4 Å². The molecular formula is C12H15N3O2S. The van der Waals surface area contributed by atoms with Crippen molar-refractivity contribution >= 4 is 15.7 Å². The highest BCUT2D eigenvalue weighted by atomic mass is 32.2. The van der Waals surface area contributed by atoms with E-state index in [1.54, 1.807) is 38.1 Å². The molecule has 0 aliphatic rings. The van der Waals surface area contributed by atoms with E-state index in [1.165, 1.54) is 16.1 Å². The molecule has 0 unspecified atom stereocenters. The van der Waals surface area contributed by atoms with Crippen LogP contribution in [0, 0.1) is 13.8 Å². The lowest BCUT2D eigenvalue weighted by Gasteiger charge is -2.11. The second kappa shape index (κ2) is 4.47. The fourth-order valence-electron chi connectivity index (χ4n) is 1.86. The molecule has 0 amide bonds. The minimum atomic E-state index is -3.53. The van der Waals surface area contributed by atoms with Gasteiger partial charge in [0.1, 0.15) is 0 Å². The van der Waals surface area contributed by atoms with Crippen LogP contribution in [-0.2, 0) is 10.0 Å². The van der Waals surface area contributed by atoms with Crippen molar-refractivity contribution in [3.63, 3.8) is 0 Å². The number of hydrogen-bond donors (Lipinski definition) is 2. The van der Waals surface area contributed by atoms with E-state index < -0.39 is 10.0 Å². The molecule has 18 heavy (non-hydrogen) atoms. The Morgan fingerprint density at radius 1 is 1.00 bits per heavy atom. The summed E-state index contributed by atoms with van der Waals surface area (Å²) in [6.45, 7) is 3.53. The minimum absolute atomic E-state index is 0.240. The largest absolute Gasteiger partial charge is 0.324 e. The quantitative estimate of drug-likeness (QED) is 0.653. The normalized spacial score (nSPS) is 11.5. The van der Waals surface area contributed by atoms with Crippen molar-refractivity contribution in [2.75, 3.05) is 5.43 Å². The van der Waals surface area contributed by atoms with Crippen molar-refractivity contribution in [1.29, 1.82) is 0 Å². The monoisotopic (exact) mass is 265 g/mol. The van der Waals surface area contributed by atoms with Gasteiger partial charge in [0.15, 0.2) is 0 Å². The van der Waals surface area contributed by atoms with E-state index in [0.717, 1.165) is 0 Å². The molecule has 0 saturated heterocycles. The molecule has 0 atom stereocenters. The summed E-state index contributed by atoms with van der Waals surface area (Å²) in [6, 6.07) is 9.88. The lowest BCUT2D eigenvalue weighted by Crippen LogP contribution is -2.16. The Hall–Kier alpha value is -1.79. The fourth-order valence-corrected chi connectivity index (χ4v) is 3.43. The van der Waals surface area contributed by atoms with Crippen molar-refractivity contribution in [3.8, 4) is 0 Å². The lowest BCUT2D eigenvalue weighted by atomic mass is 10.3. The fraction of sp³-hybridized carbons (Fsp3) is 0.167. The highest BCUT2D eigenvalue weighted by Crippen LogP contribution is 2.20. The van der Waals surface area contributed by atoms with Gasteiger partial charge in [-0.3, -0.25) is 5.84 Å². The Balaban J connectivity index is 2.55. The maximum atomic E-state index is 12.4. The number of rotatable bonds is 3. The molecule has 0 aliphatic heterocycles. The number of benzene rings is 1. The molecule has 1 aromatic heterocycles. The Bertz CT molecular complexity index is 638. The van der Waals surface area contributed by atoms with Gasteiger partial charge in [-0.15, -0.1) is 0 Å². The first-order chi connectivity index (χ1) is 8.46. The average molecular weight is 265 g/mol. The van der Waals surface area contributed by atoms with Crippen LogP contribution >= 0.6 is 0 Å². The van der Waals surface area contributed by atoms with E-state index in [0.29, 0.717) is 17.1 Å². The molecule has 0 bridgehead atoms. The molecule has 96 valence electrons. The van der Waals surface area contributed by atoms with Crippen LogP contribution in [0.15, 0.2) is 41.3 Å². The zero-order valence-electron chi connectivity index (χ0n) is 10.2. The number of hydrazine groups is 1. The molecule has 1 heterocycles. The summed E-state index contributed by atoms with van der Waals surface area (Å²) in [6.07, 6.45) is 0. The second-order valence-corrected chi connectivity index (χ2v) is 5.84. The molecule has 0 radical (unpaired) electrons. The molecular weight excluding hydrogens is 250 g/mol. The SMILES string of the molecule is Cc1ccc(C)n1S(=O)(=O)c1ccc(NN)cc1. The van der Waals surface area contributed by atoms with Crippen LogP contribution in [0.5, 0.6) is 0 Å². The number of aromatic nitrogens is 1. The maximum absolute atomic E-state index is 12.4. The third-order valence-electron chi connectivity index (χ3n) is 2.77. The van der Waals surface area contributed by atoms with E-state index in [-0.39, 0.29) is 4.90 Å². The summed E-state index contributed by atoms with van der Waals surface area (Å²) in [5.74, 6) is 5.25. The van der Waals surface area contributed by atoms with Gasteiger partial charge in [-0.05, 0) is 50.2 Å². The predicted octanol–water partition coefficient (Wildman–Crippen LogP) is 1.63. The molecule has 3 N–H and O–H groups in total. The van der Waals surface area contributed by atoms with Crippen LogP contribution in [0.25, 0.3) is 0 Å². The van der Waals surface area contributed by atoms with Crippen molar-refractivity contribution in [1.82, 2.24) is 3.97 Å². The molecule has 5 nitrogen and oxygen atoms in total. The molecule has 6 heteroatoms. The Kier molecular flexibility index (Phi) is 3.14. The minimum Gasteiger partial charge on any atom is -0.324 e. The maximum Gasteiger partial charge on any atom is 0.268 e. The zero-order valence-corrected chi connectivity index (χ0v) is 11.0. The first-order valence-corrected chi connectivity index (χ1v) is 6.88. The van der Waals surface area contributed by atoms with Gasteiger partial charge in [0.05, 0.1) is 4.90 Å². The van der Waals surface area contributed by atoms with Gasteiger partial charge in [-0.2, -0.15) is 0 Å². The van der Waals surface area contributed by atoms with Gasteiger partial charge in [0.2, 0.25) is 0 Å². The van der Waals surface area contributed by atoms with Gasteiger partial charge in [-0.1, -0.05) is 0 Å². The molecule has 0 saturated carbocycles. The van der Waals surface area contributed by atoms with Crippen LogP contribution in [0.4, 0.5) is 5.69 Å². The lowest BCUT2D eigenvalue weighted by molar-refractivity contribution is 0.585. The summed E-state index contributed by atoms with van der Waals surface area (Å²) >= 11 is 0. The molecule has 0 spiro atoms. The number of nitrogens with zero attached hydrogens (tertiary/aromatic N) is 1. The standard InChI is InChI=1S/C12H15N3O2S/c1-9-3-4-10(2)15(9)18(16,17)12-7-5-11(14-13)6-8-12/h3-8,14H,13H2,1-2H3. The molecule has 1 aromatic carbocycles. The van der Waals surface area contributed by atoms with Gasteiger partial charge >= 0.3 is 0 Å². The topological polar surface area (TPSA) is 77.1 Å². The number of nitrogen functional groups attached to an aromatic ring is 1. The molecule has 2 rings (SSSR count). The van der Waals surface area contributed by atoms with Crippen LogP contribution in [0.3, 0.4) is 0 Å².